The maximum Gasteiger partial charge on any atom is 0.271 e. The molecule has 0 radical (unpaired) electrons. The Morgan fingerprint density at radius 2 is 2.00 bits per heavy atom. The summed E-state index contributed by atoms with van der Waals surface area (Å²) in [5.74, 6) is 0.442. The third-order valence-corrected chi connectivity index (χ3v) is 8.19. The first-order valence-electron chi connectivity index (χ1n) is 11.8. The third kappa shape index (κ3) is 3.96. The van der Waals surface area contributed by atoms with Crippen LogP contribution in [0.5, 0.6) is 5.75 Å². The highest BCUT2D eigenvalue weighted by atomic mass is 79.9. The Morgan fingerprint density at radius 1 is 1.14 bits per heavy atom. The summed E-state index contributed by atoms with van der Waals surface area (Å²) in [6.45, 7) is 2.51. The van der Waals surface area contributed by atoms with Gasteiger partial charge in [-0.3, -0.25) is 9.36 Å². The molecule has 0 fully saturated rings. The van der Waals surface area contributed by atoms with Crippen LogP contribution in [0, 0.1) is 5.82 Å². The van der Waals surface area contributed by atoms with Crippen LogP contribution in [0.1, 0.15) is 41.6 Å². The molecule has 3 aromatic carbocycles. The van der Waals surface area contributed by atoms with E-state index < -0.39 is 6.04 Å². The summed E-state index contributed by atoms with van der Waals surface area (Å²) in [5, 5.41) is 0. The topological polar surface area (TPSA) is 43.6 Å². The normalized spacial score (nSPS) is 16.8. The van der Waals surface area contributed by atoms with Gasteiger partial charge in [0.25, 0.3) is 5.56 Å². The molecule has 7 heteroatoms. The Bertz CT molecular complexity index is 1720. The fourth-order valence-corrected chi connectivity index (χ4v) is 6.54. The van der Waals surface area contributed by atoms with Crippen molar-refractivity contribution in [3.8, 4) is 5.75 Å². The summed E-state index contributed by atoms with van der Waals surface area (Å²) in [6.07, 6.45) is 3.51. The molecule has 1 aliphatic heterocycles. The zero-order valence-electron chi connectivity index (χ0n) is 19.5. The predicted octanol–water partition coefficient (Wildman–Crippen LogP) is 5.62. The Balaban J connectivity index is 1.57. The van der Waals surface area contributed by atoms with Crippen LogP contribution >= 0.6 is 27.3 Å². The van der Waals surface area contributed by atoms with E-state index >= 15 is 0 Å². The minimum absolute atomic E-state index is 0.122. The van der Waals surface area contributed by atoms with Gasteiger partial charge < -0.3 is 4.74 Å². The Hall–Kier alpha value is -3.29. The molecule has 36 heavy (non-hydrogen) atoms. The molecule has 2 heterocycles. The molecule has 0 unspecified atom stereocenters. The zero-order valence-corrected chi connectivity index (χ0v) is 21.9. The van der Waals surface area contributed by atoms with Crippen LogP contribution in [-0.4, -0.2) is 11.2 Å². The van der Waals surface area contributed by atoms with Gasteiger partial charge in [0.2, 0.25) is 0 Å². The minimum atomic E-state index is -0.394. The second kappa shape index (κ2) is 9.30. The van der Waals surface area contributed by atoms with Gasteiger partial charge in [-0.1, -0.05) is 53.8 Å². The molecule has 6 rings (SSSR count). The fourth-order valence-electron chi connectivity index (χ4n) is 5.03. The van der Waals surface area contributed by atoms with E-state index in [2.05, 4.69) is 28.1 Å². The molecule has 0 bridgehead atoms. The average molecular weight is 561 g/mol. The maximum atomic E-state index is 14.3. The first kappa shape index (κ1) is 23.1. The van der Waals surface area contributed by atoms with Crippen molar-refractivity contribution in [1.82, 2.24) is 4.57 Å². The first-order valence-corrected chi connectivity index (χ1v) is 13.5. The number of rotatable bonds is 4. The van der Waals surface area contributed by atoms with Crippen molar-refractivity contribution in [1.29, 1.82) is 0 Å². The highest BCUT2D eigenvalue weighted by Crippen LogP contribution is 2.41. The van der Waals surface area contributed by atoms with Crippen molar-refractivity contribution in [2.45, 2.75) is 25.8 Å². The second-order valence-corrected chi connectivity index (χ2v) is 10.7. The number of hydrogen-bond donors (Lipinski definition) is 0. The number of fused-ring (bicyclic) bond motifs is 3. The highest BCUT2D eigenvalue weighted by molar-refractivity contribution is 9.10. The van der Waals surface area contributed by atoms with Crippen LogP contribution in [0.25, 0.3) is 11.8 Å². The molecule has 0 saturated heterocycles. The lowest BCUT2D eigenvalue weighted by Gasteiger charge is -2.30. The molecule has 2 aliphatic rings. The second-order valence-electron chi connectivity index (χ2n) is 8.79. The lowest BCUT2D eigenvalue weighted by molar-refractivity contribution is 0.338. The predicted molar refractivity (Wildman–Crippen MR) is 144 cm³/mol. The van der Waals surface area contributed by atoms with Gasteiger partial charge in [-0.2, -0.15) is 0 Å². The number of allylic oxidation sites excluding steroid dienone is 1. The number of aryl methyl sites for hydroxylation is 1. The van der Waals surface area contributed by atoms with E-state index in [-0.39, 0.29) is 11.4 Å². The fraction of sp³-hybridized carbons (Fsp3) is 0.172. The minimum Gasteiger partial charge on any atom is -0.493 e. The van der Waals surface area contributed by atoms with Crippen molar-refractivity contribution >= 4 is 39.0 Å². The summed E-state index contributed by atoms with van der Waals surface area (Å²) in [4.78, 5) is 19.4. The zero-order chi connectivity index (χ0) is 24.8. The largest absolute Gasteiger partial charge is 0.493 e. The van der Waals surface area contributed by atoms with Gasteiger partial charge in [0.05, 0.1) is 27.4 Å². The molecule has 0 N–H and O–H groups in total. The van der Waals surface area contributed by atoms with Crippen molar-refractivity contribution in [3.63, 3.8) is 0 Å². The molecule has 1 aliphatic carbocycles. The van der Waals surface area contributed by atoms with Gasteiger partial charge in [0.1, 0.15) is 11.6 Å². The summed E-state index contributed by atoms with van der Waals surface area (Å²) in [5.41, 5.74) is 5.82. The average Bonchev–Trinajstić information content (AvgIpc) is 3.18. The van der Waals surface area contributed by atoms with E-state index in [4.69, 9.17) is 9.73 Å². The lowest BCUT2D eigenvalue weighted by Crippen LogP contribution is -2.38. The van der Waals surface area contributed by atoms with Crippen LogP contribution < -0.4 is 19.6 Å². The Morgan fingerprint density at radius 3 is 2.81 bits per heavy atom. The monoisotopic (exact) mass is 560 g/mol. The van der Waals surface area contributed by atoms with Crippen molar-refractivity contribution in [2.24, 2.45) is 4.99 Å². The molecule has 4 nitrogen and oxygen atoms in total. The number of ether oxygens (including phenoxy) is 1. The molecule has 0 saturated carbocycles. The molecule has 180 valence electrons. The Kier molecular flexibility index (Phi) is 5.97. The van der Waals surface area contributed by atoms with Gasteiger partial charge in [-0.25, -0.2) is 9.38 Å². The molecule has 0 amide bonds. The van der Waals surface area contributed by atoms with Gasteiger partial charge in [0, 0.05) is 5.56 Å². The van der Waals surface area contributed by atoms with Crippen LogP contribution in [0.4, 0.5) is 4.39 Å². The van der Waals surface area contributed by atoms with E-state index in [1.807, 2.05) is 49.4 Å². The van der Waals surface area contributed by atoms with Gasteiger partial charge in [0.15, 0.2) is 4.80 Å². The first-order chi connectivity index (χ1) is 17.5. The summed E-state index contributed by atoms with van der Waals surface area (Å²) in [6, 6.07) is 20.2. The van der Waals surface area contributed by atoms with Crippen LogP contribution in [-0.2, 0) is 6.42 Å². The van der Waals surface area contributed by atoms with Crippen molar-refractivity contribution in [2.75, 3.05) is 6.61 Å². The van der Waals surface area contributed by atoms with Crippen LogP contribution in [0.2, 0.25) is 0 Å². The molecule has 1 atom stereocenters. The third-order valence-electron chi connectivity index (χ3n) is 6.59. The molecule has 0 spiro atoms. The lowest BCUT2D eigenvalue weighted by atomic mass is 9.83. The molecule has 4 aromatic rings. The highest BCUT2D eigenvalue weighted by Gasteiger charge is 2.32. The molecular weight excluding hydrogens is 539 g/mol. The van der Waals surface area contributed by atoms with Gasteiger partial charge in [-0.05, 0) is 88.3 Å². The van der Waals surface area contributed by atoms with Gasteiger partial charge >= 0.3 is 0 Å². The molecule has 1 aromatic heterocycles. The number of benzene rings is 3. The smallest absolute Gasteiger partial charge is 0.271 e. The number of halogens is 2. The maximum absolute atomic E-state index is 14.3. The molecular formula is C29H22BrFN2O2S. The number of thiazole rings is 1. The van der Waals surface area contributed by atoms with E-state index in [1.165, 1.54) is 29.0 Å². The van der Waals surface area contributed by atoms with Crippen molar-refractivity contribution < 1.29 is 9.13 Å². The quantitative estimate of drug-likeness (QED) is 0.325. The summed E-state index contributed by atoms with van der Waals surface area (Å²) in [7, 11) is 0. The van der Waals surface area contributed by atoms with E-state index in [0.29, 0.717) is 15.9 Å². The van der Waals surface area contributed by atoms with Crippen LogP contribution in [0.3, 0.4) is 0 Å². The standard InChI is InChI=1S/C29H22BrFN2O2S/c1-2-35-24-13-10-17(14-23(24)30)15-25-28(34)33-27(19-7-5-8-20(31)16-19)22-12-11-18-6-3-4-9-21(18)26(22)32-29(33)36-25/h3-10,13-16,27H,2,11-12H2,1H3/b25-15+/t27-/m0/s1. The van der Waals surface area contributed by atoms with E-state index in [9.17, 15) is 9.18 Å². The Labute approximate surface area is 219 Å². The number of hydrogen-bond acceptors (Lipinski definition) is 4. The van der Waals surface area contributed by atoms with E-state index in [0.717, 1.165) is 51.0 Å². The summed E-state index contributed by atoms with van der Waals surface area (Å²) >= 11 is 4.92. The number of nitrogens with zero attached hydrogens (tertiary/aromatic N) is 2. The van der Waals surface area contributed by atoms with Gasteiger partial charge in [-0.15, -0.1) is 0 Å². The van der Waals surface area contributed by atoms with E-state index in [1.54, 1.807) is 10.6 Å². The SMILES string of the molecule is CCOc1ccc(/C=c2/sc3n(c2=O)[C@@H](c2cccc(F)c2)C2=C(N=3)c3ccccc3CC2)cc1Br. The number of aromatic nitrogens is 1. The van der Waals surface area contributed by atoms with Crippen molar-refractivity contribution in [3.05, 3.63) is 125 Å². The van der Waals surface area contributed by atoms with Crippen LogP contribution in [0.15, 0.2) is 86.6 Å². The summed E-state index contributed by atoms with van der Waals surface area (Å²) < 4.78 is 23.1.